The molecule has 2 aromatic rings. The fourth-order valence-electron chi connectivity index (χ4n) is 1.56. The van der Waals surface area contributed by atoms with Gasteiger partial charge in [0.1, 0.15) is 4.60 Å². The molecule has 4 nitrogen and oxygen atoms in total. The van der Waals surface area contributed by atoms with Crippen LogP contribution in [0.5, 0.6) is 0 Å². The van der Waals surface area contributed by atoms with Crippen molar-refractivity contribution in [3.05, 3.63) is 44.6 Å². The van der Waals surface area contributed by atoms with E-state index in [1.165, 1.54) is 6.20 Å². The van der Waals surface area contributed by atoms with Crippen LogP contribution < -0.4 is 5.32 Å². The van der Waals surface area contributed by atoms with Gasteiger partial charge in [-0.1, -0.05) is 23.2 Å². The SMILES string of the molecule is CCNC(=O)c1cnn(-c2ccc(Cl)cc2Cl)c1Br. The van der Waals surface area contributed by atoms with Crippen molar-refractivity contribution in [3.63, 3.8) is 0 Å². The molecule has 0 fully saturated rings. The molecule has 2 rings (SSSR count). The summed E-state index contributed by atoms with van der Waals surface area (Å²) < 4.78 is 2.09. The summed E-state index contributed by atoms with van der Waals surface area (Å²) in [6.45, 7) is 2.41. The van der Waals surface area contributed by atoms with Gasteiger partial charge >= 0.3 is 0 Å². The number of rotatable bonds is 3. The third kappa shape index (κ3) is 2.94. The minimum absolute atomic E-state index is 0.189. The average molecular weight is 363 g/mol. The predicted octanol–water partition coefficient (Wildman–Crippen LogP) is 3.69. The van der Waals surface area contributed by atoms with Gasteiger partial charge in [-0.05, 0) is 41.1 Å². The standard InChI is InChI=1S/C12H10BrCl2N3O/c1-2-16-12(19)8-6-17-18(11(8)13)10-4-3-7(14)5-9(10)15/h3-6H,2H2,1H3,(H,16,19). The Morgan fingerprint density at radius 3 is 2.84 bits per heavy atom. The van der Waals surface area contributed by atoms with Gasteiger partial charge in [0.2, 0.25) is 0 Å². The fourth-order valence-corrected chi connectivity index (χ4v) is 2.62. The summed E-state index contributed by atoms with van der Waals surface area (Å²) in [5.41, 5.74) is 1.10. The van der Waals surface area contributed by atoms with Crippen LogP contribution in [0.1, 0.15) is 17.3 Å². The van der Waals surface area contributed by atoms with Gasteiger partial charge in [0.25, 0.3) is 5.91 Å². The van der Waals surface area contributed by atoms with Crippen molar-refractivity contribution in [2.75, 3.05) is 6.54 Å². The molecule has 100 valence electrons. The highest BCUT2D eigenvalue weighted by atomic mass is 79.9. The molecule has 0 saturated carbocycles. The number of carbonyl (C=O) groups is 1. The number of carbonyl (C=O) groups excluding carboxylic acids is 1. The lowest BCUT2D eigenvalue weighted by Gasteiger charge is -2.07. The Balaban J connectivity index is 2.44. The van der Waals surface area contributed by atoms with E-state index in [0.717, 1.165) is 0 Å². The van der Waals surface area contributed by atoms with Crippen LogP contribution >= 0.6 is 39.1 Å². The van der Waals surface area contributed by atoms with Crippen molar-refractivity contribution in [2.24, 2.45) is 0 Å². The van der Waals surface area contributed by atoms with E-state index in [1.54, 1.807) is 22.9 Å². The first-order valence-electron chi connectivity index (χ1n) is 5.51. The van der Waals surface area contributed by atoms with Crippen LogP contribution in [0.25, 0.3) is 5.69 Å². The van der Waals surface area contributed by atoms with E-state index in [9.17, 15) is 4.79 Å². The van der Waals surface area contributed by atoms with E-state index in [-0.39, 0.29) is 5.91 Å². The van der Waals surface area contributed by atoms with Gasteiger partial charge in [0.05, 0.1) is 22.5 Å². The summed E-state index contributed by atoms with van der Waals surface area (Å²) in [6.07, 6.45) is 1.49. The van der Waals surface area contributed by atoms with Gasteiger partial charge in [-0.25, -0.2) is 4.68 Å². The lowest BCUT2D eigenvalue weighted by atomic mass is 10.3. The maximum Gasteiger partial charge on any atom is 0.255 e. The largest absolute Gasteiger partial charge is 0.352 e. The molecule has 1 amide bonds. The number of halogens is 3. The zero-order valence-corrected chi connectivity index (χ0v) is 13.1. The second kappa shape index (κ2) is 5.94. The lowest BCUT2D eigenvalue weighted by molar-refractivity contribution is 0.0955. The molecule has 0 bridgehead atoms. The minimum Gasteiger partial charge on any atom is -0.352 e. The second-order valence-electron chi connectivity index (χ2n) is 3.72. The molecule has 1 aromatic carbocycles. The third-order valence-electron chi connectivity index (χ3n) is 2.43. The molecule has 19 heavy (non-hydrogen) atoms. The van der Waals surface area contributed by atoms with Crippen LogP contribution in [-0.2, 0) is 0 Å². The van der Waals surface area contributed by atoms with E-state index in [4.69, 9.17) is 23.2 Å². The number of hydrogen-bond donors (Lipinski definition) is 1. The molecular weight excluding hydrogens is 353 g/mol. The highest BCUT2D eigenvalue weighted by molar-refractivity contribution is 9.10. The Bertz CT molecular complexity index is 627. The monoisotopic (exact) mass is 361 g/mol. The molecule has 0 aliphatic heterocycles. The first-order chi connectivity index (χ1) is 9.04. The Morgan fingerprint density at radius 2 is 2.21 bits per heavy atom. The summed E-state index contributed by atoms with van der Waals surface area (Å²) in [7, 11) is 0. The number of benzene rings is 1. The molecule has 1 N–H and O–H groups in total. The van der Waals surface area contributed by atoms with Crippen LogP contribution in [0.3, 0.4) is 0 Å². The van der Waals surface area contributed by atoms with Gasteiger partial charge < -0.3 is 5.32 Å². The van der Waals surface area contributed by atoms with Crippen molar-refractivity contribution in [2.45, 2.75) is 6.92 Å². The van der Waals surface area contributed by atoms with E-state index >= 15 is 0 Å². The van der Waals surface area contributed by atoms with Gasteiger partial charge in [-0.3, -0.25) is 4.79 Å². The fraction of sp³-hybridized carbons (Fsp3) is 0.167. The van der Waals surface area contributed by atoms with E-state index < -0.39 is 0 Å². The van der Waals surface area contributed by atoms with Gasteiger partial charge in [0.15, 0.2) is 0 Å². The number of hydrogen-bond acceptors (Lipinski definition) is 2. The van der Waals surface area contributed by atoms with Gasteiger partial charge in [-0.2, -0.15) is 5.10 Å². The van der Waals surface area contributed by atoms with Crippen LogP contribution in [0.2, 0.25) is 10.0 Å². The van der Waals surface area contributed by atoms with Gasteiger partial charge in [0, 0.05) is 11.6 Å². The first-order valence-corrected chi connectivity index (χ1v) is 7.06. The highest BCUT2D eigenvalue weighted by Crippen LogP contribution is 2.28. The molecule has 0 spiro atoms. The Labute approximate surface area is 128 Å². The predicted molar refractivity (Wildman–Crippen MR) is 79.3 cm³/mol. The van der Waals surface area contributed by atoms with Crippen LogP contribution in [0.15, 0.2) is 29.0 Å². The summed E-state index contributed by atoms with van der Waals surface area (Å²) in [5.74, 6) is -0.189. The van der Waals surface area contributed by atoms with Crippen molar-refractivity contribution < 1.29 is 4.79 Å². The molecular formula is C12H10BrCl2N3O. The summed E-state index contributed by atoms with van der Waals surface area (Å²) in [4.78, 5) is 11.8. The van der Waals surface area contributed by atoms with Gasteiger partial charge in [-0.15, -0.1) is 0 Å². The molecule has 1 heterocycles. The third-order valence-corrected chi connectivity index (χ3v) is 3.73. The van der Waals surface area contributed by atoms with E-state index in [1.807, 2.05) is 6.92 Å². The zero-order valence-electron chi connectivity index (χ0n) is 9.95. The summed E-state index contributed by atoms with van der Waals surface area (Å²) in [6, 6.07) is 5.07. The average Bonchev–Trinajstić information content (AvgIpc) is 2.72. The van der Waals surface area contributed by atoms with Crippen molar-refractivity contribution in [1.82, 2.24) is 15.1 Å². The van der Waals surface area contributed by atoms with Crippen molar-refractivity contribution in [3.8, 4) is 5.69 Å². The van der Waals surface area contributed by atoms with Crippen LogP contribution in [0, 0.1) is 0 Å². The molecule has 1 aromatic heterocycles. The molecule has 7 heteroatoms. The summed E-state index contributed by atoms with van der Waals surface area (Å²) in [5, 5.41) is 7.88. The Hall–Kier alpha value is -1.04. The van der Waals surface area contributed by atoms with E-state index in [2.05, 4.69) is 26.3 Å². The van der Waals surface area contributed by atoms with Crippen LogP contribution in [0.4, 0.5) is 0 Å². The summed E-state index contributed by atoms with van der Waals surface area (Å²) >= 11 is 15.3. The quantitative estimate of drug-likeness (QED) is 0.904. The molecule has 0 saturated heterocycles. The zero-order chi connectivity index (χ0) is 14.0. The topological polar surface area (TPSA) is 46.9 Å². The number of aromatic nitrogens is 2. The van der Waals surface area contributed by atoms with Crippen LogP contribution in [-0.4, -0.2) is 22.2 Å². The normalized spacial score (nSPS) is 10.5. The van der Waals surface area contributed by atoms with E-state index in [0.29, 0.717) is 32.4 Å². The maximum absolute atomic E-state index is 11.8. The highest BCUT2D eigenvalue weighted by Gasteiger charge is 2.17. The molecule has 0 atom stereocenters. The second-order valence-corrected chi connectivity index (χ2v) is 5.31. The minimum atomic E-state index is -0.189. The number of nitrogens with one attached hydrogen (secondary N) is 1. The maximum atomic E-state index is 11.8. The van der Waals surface area contributed by atoms with Crippen molar-refractivity contribution >= 4 is 45.0 Å². The lowest BCUT2D eigenvalue weighted by Crippen LogP contribution is -2.22. The molecule has 0 aliphatic carbocycles. The first kappa shape index (κ1) is 14.4. The Kier molecular flexibility index (Phi) is 4.50. The number of nitrogens with zero attached hydrogens (tertiary/aromatic N) is 2. The number of amides is 1. The molecule has 0 aliphatic rings. The van der Waals surface area contributed by atoms with Crippen molar-refractivity contribution in [1.29, 1.82) is 0 Å². The Morgan fingerprint density at radius 1 is 1.47 bits per heavy atom. The molecule has 0 radical (unpaired) electrons. The molecule has 0 unspecified atom stereocenters. The smallest absolute Gasteiger partial charge is 0.255 e.